The Morgan fingerprint density at radius 3 is 2.57 bits per heavy atom. The Kier molecular flexibility index (Phi) is 6.18. The monoisotopic (exact) mass is 335 g/mol. The van der Waals surface area contributed by atoms with E-state index in [1.165, 1.54) is 18.8 Å². The van der Waals surface area contributed by atoms with Gasteiger partial charge < -0.3 is 5.11 Å². The molecule has 1 atom stereocenters. The number of carbonyl (C=O) groups is 1. The van der Waals surface area contributed by atoms with Gasteiger partial charge in [-0.3, -0.25) is 0 Å². The van der Waals surface area contributed by atoms with Crippen LogP contribution >= 0.6 is 11.8 Å². The number of thioether (sulfide) groups is 1. The van der Waals surface area contributed by atoms with Crippen LogP contribution < -0.4 is 0 Å². The highest BCUT2D eigenvalue weighted by Crippen LogP contribution is 2.23. The van der Waals surface area contributed by atoms with Crippen LogP contribution in [0.4, 0.5) is 4.39 Å². The maximum absolute atomic E-state index is 13.8. The fourth-order valence-corrected chi connectivity index (χ4v) is 4.31. The molecule has 8 heteroatoms. The molecule has 0 saturated carbocycles. The van der Waals surface area contributed by atoms with E-state index >= 15 is 0 Å². The molecule has 5 nitrogen and oxygen atoms in total. The van der Waals surface area contributed by atoms with Crippen LogP contribution in [-0.2, 0) is 10.0 Å². The third-order valence-corrected chi connectivity index (χ3v) is 5.82. The SMILES string of the molecule is CCC(CSC)N(C)S(=O)(=O)c1cc(C(=O)O)ccc1F. The van der Waals surface area contributed by atoms with E-state index in [-0.39, 0.29) is 11.6 Å². The molecule has 0 spiro atoms. The summed E-state index contributed by atoms with van der Waals surface area (Å²) in [5.41, 5.74) is -0.263. The second-order valence-electron chi connectivity index (χ2n) is 4.49. The summed E-state index contributed by atoms with van der Waals surface area (Å²) in [5.74, 6) is -1.68. The molecule has 1 aromatic carbocycles. The Hall–Kier alpha value is -1.12. The second-order valence-corrected chi connectivity index (χ2v) is 7.37. The lowest BCUT2D eigenvalue weighted by Gasteiger charge is -2.26. The lowest BCUT2D eigenvalue weighted by atomic mass is 10.2. The van der Waals surface area contributed by atoms with Gasteiger partial charge in [0, 0.05) is 18.8 Å². The van der Waals surface area contributed by atoms with Gasteiger partial charge in [0.2, 0.25) is 10.0 Å². The van der Waals surface area contributed by atoms with Crippen LogP contribution in [0.25, 0.3) is 0 Å². The fraction of sp³-hybridized carbons (Fsp3) is 0.462. The minimum absolute atomic E-state index is 0.263. The maximum atomic E-state index is 13.8. The molecule has 0 aromatic heterocycles. The number of hydrogen-bond acceptors (Lipinski definition) is 4. The van der Waals surface area contributed by atoms with E-state index in [4.69, 9.17) is 5.11 Å². The van der Waals surface area contributed by atoms with Gasteiger partial charge in [-0.2, -0.15) is 16.1 Å². The van der Waals surface area contributed by atoms with Crippen molar-refractivity contribution in [1.82, 2.24) is 4.31 Å². The van der Waals surface area contributed by atoms with Crippen molar-refractivity contribution in [3.05, 3.63) is 29.6 Å². The van der Waals surface area contributed by atoms with Crippen LogP contribution in [0.15, 0.2) is 23.1 Å². The topological polar surface area (TPSA) is 74.7 Å². The third-order valence-electron chi connectivity index (χ3n) is 3.18. The Morgan fingerprint density at radius 1 is 1.48 bits per heavy atom. The minimum Gasteiger partial charge on any atom is -0.478 e. The summed E-state index contributed by atoms with van der Waals surface area (Å²) < 4.78 is 39.9. The molecule has 0 amide bonds. The largest absolute Gasteiger partial charge is 0.478 e. The van der Waals surface area contributed by atoms with Crippen LogP contribution in [0.1, 0.15) is 23.7 Å². The standard InChI is InChI=1S/C13H18FNO4S2/c1-4-10(8-20-3)15(2)21(18,19)12-7-9(13(16)17)5-6-11(12)14/h5-7,10H,4,8H2,1-3H3,(H,16,17). The van der Waals surface area contributed by atoms with Crippen molar-refractivity contribution in [1.29, 1.82) is 0 Å². The van der Waals surface area contributed by atoms with Crippen molar-refractivity contribution in [3.8, 4) is 0 Å². The molecule has 21 heavy (non-hydrogen) atoms. The lowest BCUT2D eigenvalue weighted by Crippen LogP contribution is -2.38. The van der Waals surface area contributed by atoms with Gasteiger partial charge in [0.15, 0.2) is 0 Å². The van der Waals surface area contributed by atoms with Crippen LogP contribution in [0, 0.1) is 5.82 Å². The van der Waals surface area contributed by atoms with E-state index in [0.29, 0.717) is 12.2 Å². The fourth-order valence-electron chi connectivity index (χ4n) is 1.86. The molecule has 1 N–H and O–H groups in total. The van der Waals surface area contributed by atoms with Gasteiger partial charge in [-0.15, -0.1) is 0 Å². The van der Waals surface area contributed by atoms with E-state index in [1.807, 2.05) is 13.2 Å². The number of rotatable bonds is 7. The van der Waals surface area contributed by atoms with Gasteiger partial charge in [-0.25, -0.2) is 17.6 Å². The number of sulfonamides is 1. The quantitative estimate of drug-likeness (QED) is 0.827. The van der Waals surface area contributed by atoms with Crippen molar-refractivity contribution in [2.45, 2.75) is 24.3 Å². The predicted molar refractivity (Wildman–Crippen MR) is 80.8 cm³/mol. The summed E-state index contributed by atoms with van der Waals surface area (Å²) in [5, 5.41) is 8.91. The minimum atomic E-state index is -4.08. The average Bonchev–Trinajstić information content (AvgIpc) is 2.43. The first-order valence-electron chi connectivity index (χ1n) is 6.25. The van der Waals surface area contributed by atoms with Gasteiger partial charge in [0.05, 0.1) is 5.56 Å². The molecule has 1 unspecified atom stereocenters. The molecule has 0 heterocycles. The van der Waals surface area contributed by atoms with Crippen molar-refractivity contribution < 1.29 is 22.7 Å². The zero-order valence-electron chi connectivity index (χ0n) is 12.0. The van der Waals surface area contributed by atoms with E-state index in [9.17, 15) is 17.6 Å². The Bertz CT molecular complexity index is 619. The number of nitrogens with zero attached hydrogens (tertiary/aromatic N) is 1. The van der Waals surface area contributed by atoms with Gasteiger partial charge in [0.25, 0.3) is 0 Å². The number of carboxylic acid groups (broad SMARTS) is 1. The van der Waals surface area contributed by atoms with E-state index in [2.05, 4.69) is 0 Å². The number of halogens is 1. The van der Waals surface area contributed by atoms with E-state index < -0.39 is 26.7 Å². The number of carboxylic acids is 1. The summed E-state index contributed by atoms with van der Waals surface area (Å²) in [6.45, 7) is 1.84. The van der Waals surface area contributed by atoms with Crippen molar-refractivity contribution in [3.63, 3.8) is 0 Å². The maximum Gasteiger partial charge on any atom is 0.335 e. The molecule has 0 radical (unpaired) electrons. The van der Waals surface area contributed by atoms with E-state index in [0.717, 1.165) is 22.5 Å². The zero-order chi connectivity index (χ0) is 16.2. The number of hydrogen-bond donors (Lipinski definition) is 1. The predicted octanol–water partition coefficient (Wildman–Crippen LogP) is 2.29. The molecular weight excluding hydrogens is 317 g/mol. The Balaban J connectivity index is 3.29. The molecule has 1 rings (SSSR count). The molecule has 0 aliphatic rings. The van der Waals surface area contributed by atoms with Crippen molar-refractivity contribution in [2.75, 3.05) is 19.1 Å². The van der Waals surface area contributed by atoms with Gasteiger partial charge in [-0.1, -0.05) is 6.92 Å². The summed E-state index contributed by atoms with van der Waals surface area (Å²) in [4.78, 5) is 10.3. The first-order valence-corrected chi connectivity index (χ1v) is 9.08. The first-order chi connectivity index (χ1) is 9.75. The highest BCUT2D eigenvalue weighted by Gasteiger charge is 2.30. The van der Waals surface area contributed by atoms with Gasteiger partial charge in [0.1, 0.15) is 10.7 Å². The number of benzene rings is 1. The molecule has 0 fully saturated rings. The van der Waals surface area contributed by atoms with Crippen LogP contribution in [0.5, 0.6) is 0 Å². The molecule has 0 aliphatic heterocycles. The van der Waals surface area contributed by atoms with Gasteiger partial charge >= 0.3 is 5.97 Å². The molecule has 118 valence electrons. The summed E-state index contributed by atoms with van der Waals surface area (Å²) in [6.07, 6.45) is 2.44. The van der Waals surface area contributed by atoms with Crippen LogP contribution in [0.3, 0.4) is 0 Å². The molecule has 0 bridgehead atoms. The van der Waals surface area contributed by atoms with Crippen LogP contribution in [0.2, 0.25) is 0 Å². The first kappa shape index (κ1) is 17.9. The normalized spacial score (nSPS) is 13.4. The second kappa shape index (κ2) is 7.24. The van der Waals surface area contributed by atoms with Crippen LogP contribution in [-0.4, -0.2) is 48.9 Å². The Labute approximate surface area is 128 Å². The summed E-state index contributed by atoms with van der Waals surface area (Å²) in [7, 11) is -2.70. The third kappa shape index (κ3) is 3.96. The highest BCUT2D eigenvalue weighted by molar-refractivity contribution is 7.98. The van der Waals surface area contributed by atoms with Crippen molar-refractivity contribution >= 4 is 27.8 Å². The lowest BCUT2D eigenvalue weighted by molar-refractivity contribution is 0.0696. The molecular formula is C13H18FNO4S2. The zero-order valence-corrected chi connectivity index (χ0v) is 13.7. The molecule has 0 saturated heterocycles. The summed E-state index contributed by atoms with van der Waals surface area (Å²) in [6, 6.07) is 2.48. The molecule has 0 aliphatic carbocycles. The van der Waals surface area contributed by atoms with E-state index in [1.54, 1.807) is 0 Å². The average molecular weight is 335 g/mol. The smallest absolute Gasteiger partial charge is 0.335 e. The van der Waals surface area contributed by atoms with Gasteiger partial charge in [-0.05, 0) is 30.9 Å². The summed E-state index contributed by atoms with van der Waals surface area (Å²) >= 11 is 1.49. The highest BCUT2D eigenvalue weighted by atomic mass is 32.2. The number of aromatic carboxylic acids is 1. The van der Waals surface area contributed by atoms with Crippen molar-refractivity contribution in [2.24, 2.45) is 0 Å². The Morgan fingerprint density at radius 2 is 2.10 bits per heavy atom. The molecule has 1 aromatic rings.